The van der Waals surface area contributed by atoms with Crippen molar-refractivity contribution in [1.82, 2.24) is 15.6 Å². The van der Waals surface area contributed by atoms with Gasteiger partial charge in [-0.1, -0.05) is 23.8 Å². The number of benzene rings is 1. The second-order valence-corrected chi connectivity index (χ2v) is 7.42. The minimum absolute atomic E-state index is 0. The van der Waals surface area contributed by atoms with Crippen LogP contribution in [0, 0.1) is 6.92 Å². The van der Waals surface area contributed by atoms with E-state index in [1.54, 1.807) is 19.2 Å². The third-order valence-corrected chi connectivity index (χ3v) is 4.94. The van der Waals surface area contributed by atoms with E-state index in [1.807, 2.05) is 31.3 Å². The molecule has 1 unspecified atom stereocenters. The summed E-state index contributed by atoms with van der Waals surface area (Å²) in [6, 6.07) is 9.14. The zero-order valence-corrected chi connectivity index (χ0v) is 20.8. The minimum atomic E-state index is -2.87. The molecule has 1 aliphatic rings. The molecule has 3 rings (SSSR count). The summed E-state index contributed by atoms with van der Waals surface area (Å²) in [5, 5.41) is 6.35. The maximum atomic E-state index is 12.6. The Morgan fingerprint density at radius 1 is 1.28 bits per heavy atom. The molecule has 1 fully saturated rings. The monoisotopic (exact) mass is 561 g/mol. The van der Waals surface area contributed by atoms with Gasteiger partial charge in [0.25, 0.3) is 0 Å². The number of ether oxygens (including phenoxy) is 2. The van der Waals surface area contributed by atoms with Crippen molar-refractivity contribution in [2.45, 2.75) is 39.7 Å². The van der Waals surface area contributed by atoms with Gasteiger partial charge in [0, 0.05) is 45.0 Å². The standard InChI is InChI=1S/C22H29F2N5O2.HI/c1-15-4-6-19(31-21(23)24)18(10-15)13-28-22(25-3)27-12-17-5-7-20(26-11-17)29-8-9-30-16(2)14-29;/h4-7,10-11,16,21H,8-9,12-14H2,1-3H3,(H2,25,27,28);1H. The number of rotatable bonds is 7. The number of hydrogen-bond donors (Lipinski definition) is 2. The van der Waals surface area contributed by atoms with Crippen molar-refractivity contribution in [2.24, 2.45) is 4.99 Å². The number of anilines is 1. The van der Waals surface area contributed by atoms with Gasteiger partial charge in [0.2, 0.25) is 0 Å². The van der Waals surface area contributed by atoms with Crippen molar-refractivity contribution < 1.29 is 18.3 Å². The summed E-state index contributed by atoms with van der Waals surface area (Å²) in [4.78, 5) is 11.0. The molecule has 176 valence electrons. The molecule has 0 aliphatic carbocycles. The van der Waals surface area contributed by atoms with Crippen molar-refractivity contribution in [1.29, 1.82) is 0 Å². The van der Waals surface area contributed by atoms with Crippen LogP contribution in [0.5, 0.6) is 5.75 Å². The predicted molar refractivity (Wildman–Crippen MR) is 132 cm³/mol. The summed E-state index contributed by atoms with van der Waals surface area (Å²) in [6.07, 6.45) is 2.04. The van der Waals surface area contributed by atoms with Crippen LogP contribution in [0.2, 0.25) is 0 Å². The molecular formula is C22H30F2IN5O2. The van der Waals surface area contributed by atoms with Gasteiger partial charge in [-0.05, 0) is 31.5 Å². The van der Waals surface area contributed by atoms with Gasteiger partial charge >= 0.3 is 6.61 Å². The maximum absolute atomic E-state index is 12.6. The van der Waals surface area contributed by atoms with Crippen LogP contribution in [0.4, 0.5) is 14.6 Å². The van der Waals surface area contributed by atoms with Crippen molar-refractivity contribution in [3.05, 3.63) is 53.2 Å². The first-order valence-electron chi connectivity index (χ1n) is 10.2. The molecule has 0 saturated carbocycles. The Bertz CT molecular complexity index is 883. The van der Waals surface area contributed by atoms with Crippen LogP contribution in [-0.4, -0.2) is 50.4 Å². The van der Waals surface area contributed by atoms with Gasteiger partial charge in [-0.2, -0.15) is 8.78 Å². The molecule has 2 aromatic rings. The summed E-state index contributed by atoms with van der Waals surface area (Å²) in [7, 11) is 1.66. The van der Waals surface area contributed by atoms with Crippen LogP contribution in [-0.2, 0) is 17.8 Å². The number of alkyl halides is 2. The fourth-order valence-corrected chi connectivity index (χ4v) is 3.38. The molecule has 32 heavy (non-hydrogen) atoms. The van der Waals surface area contributed by atoms with Crippen molar-refractivity contribution in [2.75, 3.05) is 31.6 Å². The lowest BCUT2D eigenvalue weighted by atomic mass is 10.1. The fourth-order valence-electron chi connectivity index (χ4n) is 3.38. The molecule has 1 atom stereocenters. The number of aromatic nitrogens is 1. The van der Waals surface area contributed by atoms with E-state index in [1.165, 1.54) is 0 Å². The normalized spacial score (nSPS) is 16.5. The number of pyridine rings is 1. The van der Waals surface area contributed by atoms with Gasteiger partial charge in [0.05, 0.1) is 12.7 Å². The zero-order valence-electron chi connectivity index (χ0n) is 18.5. The second-order valence-electron chi connectivity index (χ2n) is 7.42. The average Bonchev–Trinajstić information content (AvgIpc) is 2.75. The quantitative estimate of drug-likeness (QED) is 0.306. The highest BCUT2D eigenvalue weighted by Crippen LogP contribution is 2.22. The fraction of sp³-hybridized carbons (Fsp3) is 0.455. The van der Waals surface area contributed by atoms with E-state index in [2.05, 4.69) is 37.2 Å². The smallest absolute Gasteiger partial charge is 0.387 e. The summed E-state index contributed by atoms with van der Waals surface area (Å²) >= 11 is 0. The molecule has 7 nitrogen and oxygen atoms in total. The average molecular weight is 561 g/mol. The summed E-state index contributed by atoms with van der Waals surface area (Å²) in [6.45, 7) is 4.30. The number of aryl methyl sites for hydroxylation is 1. The highest BCUT2D eigenvalue weighted by molar-refractivity contribution is 14.0. The first-order chi connectivity index (χ1) is 14.9. The lowest BCUT2D eigenvalue weighted by Crippen LogP contribution is -2.41. The lowest BCUT2D eigenvalue weighted by molar-refractivity contribution is -0.0504. The van der Waals surface area contributed by atoms with Crippen molar-refractivity contribution in [3.63, 3.8) is 0 Å². The molecule has 0 spiro atoms. The van der Waals surface area contributed by atoms with Crippen LogP contribution in [0.15, 0.2) is 41.5 Å². The molecule has 10 heteroatoms. The third kappa shape index (κ3) is 7.73. The molecule has 2 heterocycles. The summed E-state index contributed by atoms with van der Waals surface area (Å²) in [5.74, 6) is 1.64. The highest BCUT2D eigenvalue weighted by Gasteiger charge is 2.17. The highest BCUT2D eigenvalue weighted by atomic mass is 127. The van der Waals surface area contributed by atoms with Crippen LogP contribution in [0.25, 0.3) is 0 Å². The lowest BCUT2D eigenvalue weighted by Gasteiger charge is -2.32. The van der Waals surface area contributed by atoms with Gasteiger partial charge in [0.1, 0.15) is 11.6 Å². The topological polar surface area (TPSA) is 71.0 Å². The molecule has 1 aromatic heterocycles. The van der Waals surface area contributed by atoms with Gasteiger partial charge in [-0.25, -0.2) is 4.98 Å². The third-order valence-electron chi connectivity index (χ3n) is 4.94. The Kier molecular flexibility index (Phi) is 10.4. The Labute approximate surface area is 204 Å². The van der Waals surface area contributed by atoms with Crippen molar-refractivity contribution in [3.8, 4) is 5.75 Å². The van der Waals surface area contributed by atoms with E-state index in [0.29, 0.717) is 31.2 Å². The van der Waals surface area contributed by atoms with E-state index in [9.17, 15) is 8.78 Å². The first kappa shape index (κ1) is 26.0. The van der Waals surface area contributed by atoms with Gasteiger partial charge in [-0.15, -0.1) is 24.0 Å². The largest absolute Gasteiger partial charge is 0.434 e. The van der Waals surface area contributed by atoms with Gasteiger partial charge in [0.15, 0.2) is 5.96 Å². The molecular weight excluding hydrogens is 531 g/mol. The number of nitrogens with one attached hydrogen (secondary N) is 2. The summed E-state index contributed by atoms with van der Waals surface area (Å²) in [5.41, 5.74) is 2.60. The number of hydrogen-bond acceptors (Lipinski definition) is 5. The van der Waals surface area contributed by atoms with E-state index in [0.717, 1.165) is 30.0 Å². The minimum Gasteiger partial charge on any atom is -0.434 e. The van der Waals surface area contributed by atoms with Crippen LogP contribution >= 0.6 is 24.0 Å². The number of nitrogens with zero attached hydrogens (tertiary/aromatic N) is 3. The van der Waals surface area contributed by atoms with Crippen molar-refractivity contribution >= 4 is 35.8 Å². The predicted octanol–water partition coefficient (Wildman–Crippen LogP) is 3.70. The molecule has 1 aromatic carbocycles. The van der Waals surface area contributed by atoms with Gasteiger partial charge < -0.3 is 25.0 Å². The van der Waals surface area contributed by atoms with E-state index >= 15 is 0 Å². The number of guanidine groups is 1. The van der Waals surface area contributed by atoms with E-state index in [4.69, 9.17) is 4.74 Å². The Morgan fingerprint density at radius 3 is 2.72 bits per heavy atom. The maximum Gasteiger partial charge on any atom is 0.387 e. The zero-order chi connectivity index (χ0) is 22.2. The molecule has 1 saturated heterocycles. The SMILES string of the molecule is CN=C(NCc1ccc(N2CCOC(C)C2)nc1)NCc1cc(C)ccc1OC(F)F.I. The molecule has 0 radical (unpaired) electrons. The van der Waals surface area contributed by atoms with E-state index in [-0.39, 0.29) is 35.8 Å². The Balaban J connectivity index is 0.00000363. The first-order valence-corrected chi connectivity index (χ1v) is 10.2. The van der Waals surface area contributed by atoms with Crippen LogP contribution in [0.1, 0.15) is 23.6 Å². The number of halogens is 3. The summed E-state index contributed by atoms with van der Waals surface area (Å²) < 4.78 is 35.5. The Morgan fingerprint density at radius 2 is 2.06 bits per heavy atom. The second kappa shape index (κ2) is 12.7. The molecule has 2 N–H and O–H groups in total. The van der Waals surface area contributed by atoms with Crippen LogP contribution < -0.4 is 20.3 Å². The molecule has 1 aliphatic heterocycles. The molecule has 0 amide bonds. The van der Waals surface area contributed by atoms with Gasteiger partial charge in [-0.3, -0.25) is 4.99 Å². The Hall–Kier alpha value is -2.21. The number of morpholine rings is 1. The molecule has 0 bridgehead atoms. The van der Waals surface area contributed by atoms with E-state index < -0.39 is 6.61 Å². The van der Waals surface area contributed by atoms with Crippen LogP contribution in [0.3, 0.4) is 0 Å². The number of aliphatic imine (C=N–C) groups is 1.